The van der Waals surface area contributed by atoms with Crippen LogP contribution < -0.4 is 5.32 Å². The number of hydrogen-bond acceptors (Lipinski definition) is 4. The van der Waals surface area contributed by atoms with Crippen molar-refractivity contribution in [3.8, 4) is 0 Å². The van der Waals surface area contributed by atoms with Crippen LogP contribution in [-0.4, -0.2) is 16.7 Å². The van der Waals surface area contributed by atoms with Crippen LogP contribution in [0.1, 0.15) is 5.69 Å². The van der Waals surface area contributed by atoms with Gasteiger partial charge in [-0.3, -0.25) is 4.79 Å². The number of nitrogens with one attached hydrogen (secondary N) is 1. The Hall–Kier alpha value is -1.39. The number of amides is 1. The van der Waals surface area contributed by atoms with Gasteiger partial charge in [-0.05, 0) is 0 Å². The van der Waals surface area contributed by atoms with Crippen LogP contribution in [0, 0.1) is 0 Å². The quantitative estimate of drug-likeness (QED) is 0.540. The Morgan fingerprint density at radius 3 is 3.33 bits per heavy atom. The van der Waals surface area contributed by atoms with Crippen molar-refractivity contribution in [2.45, 2.75) is 6.54 Å². The highest BCUT2D eigenvalue weighted by Crippen LogP contribution is 1.86. The lowest BCUT2D eigenvalue weighted by molar-refractivity contribution is 0.303. The van der Waals surface area contributed by atoms with Gasteiger partial charge in [0.15, 0.2) is 0 Å². The standard InChI is InChI=1S/C4H4N3O2/c8-3-5-1-4-2-6-9-7-4/h2H,1H2,(H,5,8). The molecule has 1 aromatic rings. The Bertz CT molecular complexity index is 172. The molecule has 1 heterocycles. The molecule has 0 aliphatic rings. The van der Waals surface area contributed by atoms with Crippen LogP contribution in [0.3, 0.4) is 0 Å². The van der Waals surface area contributed by atoms with E-state index >= 15 is 0 Å². The van der Waals surface area contributed by atoms with E-state index in [0.29, 0.717) is 12.2 Å². The third kappa shape index (κ3) is 1.52. The maximum atomic E-state index is 9.59. The second kappa shape index (κ2) is 2.81. The van der Waals surface area contributed by atoms with Gasteiger partial charge in [-0.2, -0.15) is 0 Å². The van der Waals surface area contributed by atoms with Crippen LogP contribution in [-0.2, 0) is 11.3 Å². The maximum absolute atomic E-state index is 9.59. The van der Waals surface area contributed by atoms with Crippen LogP contribution >= 0.6 is 0 Å². The molecule has 47 valence electrons. The largest absolute Gasteiger partial charge is 0.342 e. The van der Waals surface area contributed by atoms with Gasteiger partial charge >= 0.3 is 6.41 Å². The highest BCUT2D eigenvalue weighted by molar-refractivity contribution is 5.46. The van der Waals surface area contributed by atoms with Gasteiger partial charge in [0.05, 0.1) is 12.7 Å². The van der Waals surface area contributed by atoms with Crippen LogP contribution in [0.4, 0.5) is 0 Å². The summed E-state index contributed by atoms with van der Waals surface area (Å²) >= 11 is 0. The molecule has 1 radical (unpaired) electrons. The van der Waals surface area contributed by atoms with Crippen molar-refractivity contribution in [1.29, 1.82) is 0 Å². The topological polar surface area (TPSA) is 68.0 Å². The van der Waals surface area contributed by atoms with Crippen LogP contribution in [0.15, 0.2) is 10.8 Å². The fourth-order valence-electron chi connectivity index (χ4n) is 0.389. The Morgan fingerprint density at radius 1 is 1.89 bits per heavy atom. The molecule has 0 bridgehead atoms. The van der Waals surface area contributed by atoms with Gasteiger partial charge in [-0.25, -0.2) is 4.63 Å². The lowest BCUT2D eigenvalue weighted by Gasteiger charge is -1.85. The van der Waals surface area contributed by atoms with Crippen molar-refractivity contribution in [3.63, 3.8) is 0 Å². The molecule has 1 aromatic heterocycles. The molecule has 0 fully saturated rings. The highest BCUT2D eigenvalue weighted by Gasteiger charge is 1.93. The third-order valence-electron chi connectivity index (χ3n) is 0.749. The van der Waals surface area contributed by atoms with Crippen molar-refractivity contribution in [3.05, 3.63) is 11.9 Å². The van der Waals surface area contributed by atoms with Gasteiger partial charge < -0.3 is 5.32 Å². The average Bonchev–Trinajstić information content (AvgIpc) is 2.34. The number of aromatic nitrogens is 2. The van der Waals surface area contributed by atoms with Crippen molar-refractivity contribution in [2.75, 3.05) is 0 Å². The van der Waals surface area contributed by atoms with Crippen molar-refractivity contribution < 1.29 is 9.42 Å². The van der Waals surface area contributed by atoms with E-state index in [1.54, 1.807) is 0 Å². The fourth-order valence-corrected chi connectivity index (χ4v) is 0.389. The number of carbonyl (C=O) groups excluding carboxylic acids is 1. The van der Waals surface area contributed by atoms with Gasteiger partial charge in [0.2, 0.25) is 0 Å². The zero-order valence-corrected chi connectivity index (χ0v) is 4.50. The zero-order valence-electron chi connectivity index (χ0n) is 4.50. The number of hydrogen-bond donors (Lipinski definition) is 1. The number of nitrogens with zero attached hydrogens (tertiary/aromatic N) is 2. The van der Waals surface area contributed by atoms with E-state index in [-0.39, 0.29) is 0 Å². The first-order valence-corrected chi connectivity index (χ1v) is 2.30. The second-order valence-corrected chi connectivity index (χ2v) is 1.35. The molecule has 0 atom stereocenters. The van der Waals surface area contributed by atoms with Gasteiger partial charge in [0, 0.05) is 0 Å². The predicted molar refractivity (Wildman–Crippen MR) is 26.8 cm³/mol. The molecular formula is C4H4N3O2. The van der Waals surface area contributed by atoms with E-state index in [4.69, 9.17) is 0 Å². The predicted octanol–water partition coefficient (Wildman–Crippen LogP) is -0.774. The molecule has 0 aliphatic heterocycles. The molecule has 0 saturated heterocycles. The average molecular weight is 126 g/mol. The van der Waals surface area contributed by atoms with Crippen molar-refractivity contribution in [2.24, 2.45) is 0 Å². The molecular weight excluding hydrogens is 122 g/mol. The highest BCUT2D eigenvalue weighted by atomic mass is 16.6. The minimum atomic E-state index is 0.312. The zero-order chi connectivity index (χ0) is 6.53. The fraction of sp³-hybridized carbons (Fsp3) is 0.250. The van der Waals surface area contributed by atoms with E-state index in [2.05, 4.69) is 20.3 Å². The van der Waals surface area contributed by atoms with E-state index < -0.39 is 0 Å². The maximum Gasteiger partial charge on any atom is 0.309 e. The summed E-state index contributed by atoms with van der Waals surface area (Å²) in [6.07, 6.45) is 2.92. The van der Waals surface area contributed by atoms with E-state index in [9.17, 15) is 4.79 Å². The van der Waals surface area contributed by atoms with Crippen LogP contribution in [0.25, 0.3) is 0 Å². The van der Waals surface area contributed by atoms with Crippen molar-refractivity contribution in [1.82, 2.24) is 15.6 Å². The molecule has 9 heavy (non-hydrogen) atoms. The van der Waals surface area contributed by atoms with Gasteiger partial charge in [-0.1, -0.05) is 10.3 Å². The summed E-state index contributed by atoms with van der Waals surface area (Å²) in [6, 6.07) is 0. The SMILES string of the molecule is O=[C]NCc1cnon1. The van der Waals surface area contributed by atoms with E-state index in [1.165, 1.54) is 12.6 Å². The summed E-state index contributed by atoms with van der Waals surface area (Å²) in [7, 11) is 0. The summed E-state index contributed by atoms with van der Waals surface area (Å²) in [4.78, 5) is 9.59. The second-order valence-electron chi connectivity index (χ2n) is 1.35. The molecule has 0 unspecified atom stereocenters. The normalized spacial score (nSPS) is 8.89. The Morgan fingerprint density at radius 2 is 2.78 bits per heavy atom. The first-order valence-electron chi connectivity index (χ1n) is 2.30. The van der Waals surface area contributed by atoms with E-state index in [0.717, 1.165) is 0 Å². The van der Waals surface area contributed by atoms with Gasteiger partial charge in [0.1, 0.15) is 5.69 Å². The Labute approximate surface area is 51.0 Å². The van der Waals surface area contributed by atoms with Crippen LogP contribution in [0.5, 0.6) is 0 Å². The smallest absolute Gasteiger partial charge is 0.309 e. The Kier molecular flexibility index (Phi) is 1.79. The van der Waals surface area contributed by atoms with Gasteiger partial charge in [0.25, 0.3) is 0 Å². The first kappa shape index (κ1) is 5.74. The lowest BCUT2D eigenvalue weighted by atomic mass is 10.5. The third-order valence-corrected chi connectivity index (χ3v) is 0.749. The summed E-state index contributed by atoms with van der Waals surface area (Å²) in [5.74, 6) is 0. The first-order chi connectivity index (χ1) is 4.43. The molecule has 0 aromatic carbocycles. The van der Waals surface area contributed by atoms with Crippen LogP contribution in [0.2, 0.25) is 0 Å². The summed E-state index contributed by atoms with van der Waals surface area (Å²) in [5, 5.41) is 9.03. The van der Waals surface area contributed by atoms with E-state index in [1.807, 2.05) is 0 Å². The monoisotopic (exact) mass is 126 g/mol. The molecule has 0 saturated carbocycles. The molecule has 0 aliphatic carbocycles. The molecule has 5 nitrogen and oxygen atoms in total. The molecule has 1 rings (SSSR count). The minimum absolute atomic E-state index is 0.312. The molecule has 1 amide bonds. The number of rotatable bonds is 3. The minimum Gasteiger partial charge on any atom is -0.342 e. The van der Waals surface area contributed by atoms with Gasteiger partial charge in [-0.15, -0.1) is 0 Å². The molecule has 0 spiro atoms. The molecule has 5 heteroatoms. The summed E-state index contributed by atoms with van der Waals surface area (Å²) in [6.45, 7) is 0.312. The summed E-state index contributed by atoms with van der Waals surface area (Å²) < 4.78 is 4.24. The Balaban J connectivity index is 2.38. The lowest BCUT2D eigenvalue weighted by Crippen LogP contribution is -2.09. The summed E-state index contributed by atoms with van der Waals surface area (Å²) in [5.41, 5.74) is 0.582. The molecule has 1 N–H and O–H groups in total. The van der Waals surface area contributed by atoms with Crippen molar-refractivity contribution >= 4 is 6.41 Å².